The summed E-state index contributed by atoms with van der Waals surface area (Å²) in [5.74, 6) is 1.74. The Morgan fingerprint density at radius 2 is 2.03 bits per heavy atom. The minimum Gasteiger partial charge on any atom is -0.492 e. The number of pyridine rings is 2. The molecule has 0 bridgehead atoms. The van der Waals surface area contributed by atoms with E-state index >= 15 is 0 Å². The first-order chi connectivity index (χ1) is 14.2. The van der Waals surface area contributed by atoms with Gasteiger partial charge in [0.2, 0.25) is 11.8 Å². The quantitative estimate of drug-likeness (QED) is 0.695. The number of ether oxygens (including phenoxy) is 2. The van der Waals surface area contributed by atoms with Crippen LogP contribution in [0.25, 0.3) is 22.0 Å². The van der Waals surface area contributed by atoms with Crippen LogP contribution in [-0.4, -0.2) is 35.1 Å². The van der Waals surface area contributed by atoms with Gasteiger partial charge in [0.15, 0.2) is 0 Å². The van der Waals surface area contributed by atoms with Crippen LogP contribution in [0.2, 0.25) is 0 Å². The molecule has 29 heavy (non-hydrogen) atoms. The second kappa shape index (κ2) is 7.70. The van der Waals surface area contributed by atoms with Crippen LogP contribution < -0.4 is 14.8 Å². The molecule has 6 heteroatoms. The number of aromatic nitrogens is 2. The van der Waals surface area contributed by atoms with Crippen LogP contribution in [0.1, 0.15) is 25.7 Å². The molecule has 148 valence electrons. The van der Waals surface area contributed by atoms with Crippen molar-refractivity contribution in [2.45, 2.75) is 31.8 Å². The van der Waals surface area contributed by atoms with Gasteiger partial charge in [-0.1, -0.05) is 0 Å². The lowest BCUT2D eigenvalue weighted by Gasteiger charge is -2.25. The zero-order valence-electron chi connectivity index (χ0n) is 16.1. The predicted octanol–water partition coefficient (Wildman–Crippen LogP) is 3.74. The highest BCUT2D eigenvalue weighted by Gasteiger charge is 2.22. The summed E-state index contributed by atoms with van der Waals surface area (Å²) in [6.07, 6.45) is 7.91. The third kappa shape index (κ3) is 3.88. The molecule has 6 nitrogen and oxygen atoms in total. The van der Waals surface area contributed by atoms with Crippen molar-refractivity contribution in [2.75, 3.05) is 13.2 Å². The second-order valence-electron chi connectivity index (χ2n) is 7.79. The number of benzene rings is 1. The van der Waals surface area contributed by atoms with Gasteiger partial charge in [-0.3, -0.25) is 9.78 Å². The lowest BCUT2D eigenvalue weighted by atomic mass is 9.96. The molecule has 1 atom stereocenters. The summed E-state index contributed by atoms with van der Waals surface area (Å²) in [7, 11) is 0. The fourth-order valence-electron chi connectivity index (χ4n) is 3.71. The Kier molecular flexibility index (Phi) is 4.76. The van der Waals surface area contributed by atoms with E-state index in [-0.39, 0.29) is 11.8 Å². The highest BCUT2D eigenvalue weighted by Crippen LogP contribution is 2.33. The molecule has 5 rings (SSSR count). The smallest absolute Gasteiger partial charge is 0.220 e. The second-order valence-corrected chi connectivity index (χ2v) is 7.79. The predicted molar refractivity (Wildman–Crippen MR) is 110 cm³/mol. The minimum absolute atomic E-state index is 0.0918. The molecule has 1 aromatic carbocycles. The Balaban J connectivity index is 1.40. The number of rotatable bonds is 6. The normalized spacial score (nSPS) is 19.0. The van der Waals surface area contributed by atoms with Crippen molar-refractivity contribution >= 4 is 16.8 Å². The van der Waals surface area contributed by atoms with Gasteiger partial charge in [-0.25, -0.2) is 4.98 Å². The summed E-state index contributed by atoms with van der Waals surface area (Å²) in [6, 6.07) is 11.9. The van der Waals surface area contributed by atoms with Gasteiger partial charge in [0.05, 0.1) is 12.1 Å². The van der Waals surface area contributed by atoms with Crippen molar-refractivity contribution < 1.29 is 14.3 Å². The maximum absolute atomic E-state index is 11.4. The van der Waals surface area contributed by atoms with E-state index < -0.39 is 0 Å². The monoisotopic (exact) mass is 389 g/mol. The van der Waals surface area contributed by atoms with Crippen LogP contribution >= 0.6 is 0 Å². The largest absolute Gasteiger partial charge is 0.492 e. The molecule has 0 spiro atoms. The van der Waals surface area contributed by atoms with Crippen LogP contribution in [0.4, 0.5) is 0 Å². The van der Waals surface area contributed by atoms with E-state index in [1.165, 1.54) is 6.42 Å². The third-order valence-corrected chi connectivity index (χ3v) is 5.63. The SMILES string of the molecule is O=C1CC(COc2cc(-c3ccc(OC4CCC4)nc3)cc3ncccc23)CN1. The van der Waals surface area contributed by atoms with E-state index in [0.29, 0.717) is 31.6 Å². The van der Waals surface area contributed by atoms with E-state index in [2.05, 4.69) is 15.3 Å². The Labute approximate surface area is 169 Å². The van der Waals surface area contributed by atoms with Crippen molar-refractivity contribution in [1.82, 2.24) is 15.3 Å². The lowest BCUT2D eigenvalue weighted by Crippen LogP contribution is -2.24. The Bertz CT molecular complexity index is 1030. The van der Waals surface area contributed by atoms with Gasteiger partial charge in [0, 0.05) is 48.3 Å². The van der Waals surface area contributed by atoms with Crippen LogP contribution in [0, 0.1) is 5.92 Å². The number of amides is 1. The van der Waals surface area contributed by atoms with Crippen molar-refractivity contribution in [3.63, 3.8) is 0 Å². The maximum Gasteiger partial charge on any atom is 0.220 e. The standard InChI is InChI=1S/C23H23N3O3/c27-22-9-15(12-25-22)14-28-21-11-17(10-20-19(21)5-2-8-24-20)16-6-7-23(26-13-16)29-18-3-1-4-18/h2,5-8,10-11,13,15,18H,1,3-4,9,12,14H2,(H,25,27). The van der Waals surface area contributed by atoms with E-state index in [1.54, 1.807) is 6.20 Å². The van der Waals surface area contributed by atoms with Gasteiger partial charge in [-0.2, -0.15) is 0 Å². The Hall–Kier alpha value is -3.15. The van der Waals surface area contributed by atoms with E-state index in [0.717, 1.165) is 40.6 Å². The number of nitrogens with one attached hydrogen (secondary N) is 1. The molecule has 1 amide bonds. The number of carbonyl (C=O) groups excluding carboxylic acids is 1. The molecule has 1 unspecified atom stereocenters. The van der Waals surface area contributed by atoms with Crippen molar-refractivity contribution in [1.29, 1.82) is 0 Å². The lowest BCUT2D eigenvalue weighted by molar-refractivity contribution is -0.119. The van der Waals surface area contributed by atoms with E-state index in [9.17, 15) is 4.79 Å². The number of carbonyl (C=O) groups is 1. The number of nitrogens with zero attached hydrogens (tertiary/aromatic N) is 2. The van der Waals surface area contributed by atoms with Gasteiger partial charge in [-0.05, 0) is 55.2 Å². The molecule has 2 aromatic heterocycles. The molecule has 1 N–H and O–H groups in total. The number of hydrogen-bond donors (Lipinski definition) is 1. The maximum atomic E-state index is 11.4. The van der Waals surface area contributed by atoms with E-state index in [1.807, 2.05) is 42.6 Å². The highest BCUT2D eigenvalue weighted by molar-refractivity contribution is 5.90. The molecule has 2 fully saturated rings. The van der Waals surface area contributed by atoms with Crippen molar-refractivity contribution in [3.8, 4) is 22.8 Å². The molecular formula is C23H23N3O3. The summed E-state index contributed by atoms with van der Waals surface area (Å²) in [4.78, 5) is 20.4. The van der Waals surface area contributed by atoms with Crippen LogP contribution in [0.15, 0.2) is 48.8 Å². The summed E-state index contributed by atoms with van der Waals surface area (Å²) in [6.45, 7) is 1.17. The van der Waals surface area contributed by atoms with Gasteiger partial charge in [-0.15, -0.1) is 0 Å². The molecular weight excluding hydrogens is 366 g/mol. The first kappa shape index (κ1) is 17.9. The first-order valence-corrected chi connectivity index (χ1v) is 10.2. The zero-order valence-corrected chi connectivity index (χ0v) is 16.1. The average molecular weight is 389 g/mol. The first-order valence-electron chi connectivity index (χ1n) is 10.2. The summed E-state index contributed by atoms with van der Waals surface area (Å²) < 4.78 is 12.0. The third-order valence-electron chi connectivity index (χ3n) is 5.63. The minimum atomic E-state index is 0.0918. The molecule has 3 heterocycles. The zero-order chi connectivity index (χ0) is 19.6. The number of hydrogen-bond acceptors (Lipinski definition) is 5. The number of fused-ring (bicyclic) bond motifs is 1. The molecule has 1 saturated heterocycles. The van der Waals surface area contributed by atoms with E-state index in [4.69, 9.17) is 9.47 Å². The topological polar surface area (TPSA) is 73.3 Å². The fraction of sp³-hybridized carbons (Fsp3) is 0.348. The van der Waals surface area contributed by atoms with Crippen LogP contribution in [0.3, 0.4) is 0 Å². The van der Waals surface area contributed by atoms with Crippen molar-refractivity contribution in [2.24, 2.45) is 5.92 Å². The Morgan fingerprint density at radius 3 is 2.76 bits per heavy atom. The molecule has 2 aliphatic rings. The average Bonchev–Trinajstić information content (AvgIpc) is 3.14. The van der Waals surface area contributed by atoms with Gasteiger partial charge >= 0.3 is 0 Å². The summed E-state index contributed by atoms with van der Waals surface area (Å²) in [5.41, 5.74) is 2.85. The Morgan fingerprint density at radius 1 is 1.10 bits per heavy atom. The molecule has 0 radical (unpaired) electrons. The van der Waals surface area contributed by atoms with Gasteiger partial charge in [0.25, 0.3) is 0 Å². The highest BCUT2D eigenvalue weighted by atomic mass is 16.5. The van der Waals surface area contributed by atoms with Crippen molar-refractivity contribution in [3.05, 3.63) is 48.8 Å². The molecule has 1 aliphatic carbocycles. The van der Waals surface area contributed by atoms with Crippen LogP contribution in [-0.2, 0) is 4.79 Å². The van der Waals surface area contributed by atoms with Crippen LogP contribution in [0.5, 0.6) is 11.6 Å². The molecule has 1 saturated carbocycles. The summed E-state index contributed by atoms with van der Waals surface area (Å²) in [5, 5.41) is 3.82. The van der Waals surface area contributed by atoms with Gasteiger partial charge < -0.3 is 14.8 Å². The fourth-order valence-corrected chi connectivity index (χ4v) is 3.71. The molecule has 1 aliphatic heterocycles. The van der Waals surface area contributed by atoms with Gasteiger partial charge in [0.1, 0.15) is 11.9 Å². The summed E-state index contributed by atoms with van der Waals surface area (Å²) >= 11 is 0. The molecule has 3 aromatic rings.